The van der Waals surface area contributed by atoms with Gasteiger partial charge in [-0.2, -0.15) is 0 Å². The van der Waals surface area contributed by atoms with Crippen LogP contribution in [-0.4, -0.2) is 25.4 Å². The predicted molar refractivity (Wildman–Crippen MR) is 215 cm³/mol. The van der Waals surface area contributed by atoms with Gasteiger partial charge in [0.25, 0.3) is 0 Å². The smallest absolute Gasteiger partial charge is 0.227 e. The van der Waals surface area contributed by atoms with Crippen LogP contribution in [0.1, 0.15) is 11.1 Å². The summed E-state index contributed by atoms with van der Waals surface area (Å²) >= 11 is 0. The third-order valence-corrected chi connectivity index (χ3v) is 9.26. The molecule has 9 aromatic rings. The summed E-state index contributed by atoms with van der Waals surface area (Å²) in [6, 6.07) is 61.2. The van der Waals surface area contributed by atoms with E-state index in [4.69, 9.17) is 24.7 Å². The van der Waals surface area contributed by atoms with Crippen molar-refractivity contribution in [2.75, 3.05) is 0 Å². The molecule has 7 aromatic carbocycles. The molecule has 252 valence electrons. The fraction of sp³-hybridized carbons (Fsp3) is 0.0213. The van der Waals surface area contributed by atoms with Crippen LogP contribution in [0, 0.1) is 6.92 Å². The number of aliphatic imine (C=N–C) groups is 1. The first kappa shape index (κ1) is 31.8. The first-order chi connectivity index (χ1) is 26.2. The molecular weight excluding hydrogens is 651 g/mol. The van der Waals surface area contributed by atoms with Crippen LogP contribution in [0.25, 0.3) is 61.7 Å². The van der Waals surface area contributed by atoms with E-state index in [0.717, 1.165) is 66.7 Å². The number of hydrogen-bond donors (Lipinski definition) is 0. The highest BCUT2D eigenvalue weighted by Gasteiger charge is 2.21. The van der Waals surface area contributed by atoms with Gasteiger partial charge in [0.2, 0.25) is 5.90 Å². The molecule has 0 amide bonds. The summed E-state index contributed by atoms with van der Waals surface area (Å²) in [6.07, 6.45) is 0. The molecule has 0 saturated heterocycles. The third-order valence-electron chi connectivity index (χ3n) is 9.26. The van der Waals surface area contributed by atoms with Crippen molar-refractivity contribution in [2.45, 2.75) is 6.92 Å². The molecule has 0 bridgehead atoms. The molecule has 0 aliphatic carbocycles. The molecule has 0 N–H and O–H groups in total. The van der Waals surface area contributed by atoms with E-state index in [9.17, 15) is 0 Å². The van der Waals surface area contributed by atoms with Gasteiger partial charge in [0, 0.05) is 38.7 Å². The van der Waals surface area contributed by atoms with Gasteiger partial charge in [0.15, 0.2) is 23.2 Å². The van der Waals surface area contributed by atoms with Crippen LogP contribution >= 0.6 is 0 Å². The zero-order valence-electron chi connectivity index (χ0n) is 29.0. The van der Waals surface area contributed by atoms with Crippen molar-refractivity contribution in [2.24, 2.45) is 4.99 Å². The molecule has 0 saturated carbocycles. The summed E-state index contributed by atoms with van der Waals surface area (Å²) < 4.78 is 9.26. The van der Waals surface area contributed by atoms with E-state index in [0.29, 0.717) is 23.4 Å². The van der Waals surface area contributed by atoms with E-state index in [2.05, 4.69) is 72.2 Å². The predicted octanol–water partition coefficient (Wildman–Crippen LogP) is 11.4. The van der Waals surface area contributed by atoms with Crippen molar-refractivity contribution >= 4 is 33.4 Å². The van der Waals surface area contributed by atoms with Crippen molar-refractivity contribution in [1.82, 2.24) is 19.5 Å². The lowest BCUT2D eigenvalue weighted by atomic mass is 10.1. The van der Waals surface area contributed by atoms with Gasteiger partial charge in [0.05, 0.1) is 16.7 Å². The second-order valence-electron chi connectivity index (χ2n) is 12.8. The highest BCUT2D eigenvalue weighted by atomic mass is 16.5. The summed E-state index contributed by atoms with van der Waals surface area (Å²) in [5.74, 6) is 3.09. The fourth-order valence-corrected chi connectivity index (χ4v) is 6.69. The number of aromatic nitrogens is 4. The Morgan fingerprint density at radius 1 is 0.509 bits per heavy atom. The van der Waals surface area contributed by atoms with Gasteiger partial charge in [-0.1, -0.05) is 140 Å². The summed E-state index contributed by atoms with van der Waals surface area (Å²) in [6.45, 7) is 2.08. The summed E-state index contributed by atoms with van der Waals surface area (Å²) in [5.41, 5.74) is 8.37. The molecule has 0 aliphatic rings. The van der Waals surface area contributed by atoms with Crippen molar-refractivity contribution in [3.63, 3.8) is 0 Å². The number of nitrogens with zero attached hydrogens (tertiary/aromatic N) is 5. The molecule has 0 radical (unpaired) electrons. The number of ether oxygens (including phenoxy) is 1. The lowest BCUT2D eigenvalue weighted by Gasteiger charge is -2.16. The number of benzene rings is 7. The van der Waals surface area contributed by atoms with E-state index in [1.165, 1.54) is 0 Å². The Morgan fingerprint density at radius 2 is 1.06 bits per heavy atom. The Labute approximate surface area is 307 Å². The highest BCUT2D eigenvalue weighted by molar-refractivity contribution is 6.12. The van der Waals surface area contributed by atoms with Gasteiger partial charge in [-0.25, -0.2) is 19.9 Å². The second kappa shape index (κ2) is 13.9. The van der Waals surface area contributed by atoms with Crippen LogP contribution in [0.4, 0.5) is 5.69 Å². The number of rotatable bonds is 7. The molecule has 0 unspecified atom stereocenters. The van der Waals surface area contributed by atoms with Crippen molar-refractivity contribution in [3.8, 4) is 45.6 Å². The quantitative estimate of drug-likeness (QED) is 0.124. The third kappa shape index (κ3) is 6.23. The van der Waals surface area contributed by atoms with E-state index in [-0.39, 0.29) is 0 Å². The topological polar surface area (TPSA) is 65.2 Å². The molecule has 0 fully saturated rings. The van der Waals surface area contributed by atoms with Crippen molar-refractivity contribution < 1.29 is 4.74 Å². The number of aryl methyl sites for hydroxylation is 1. The zero-order valence-corrected chi connectivity index (χ0v) is 29.0. The Bertz CT molecular complexity index is 2690. The molecule has 0 spiro atoms. The minimum atomic E-state index is 0.519. The van der Waals surface area contributed by atoms with Crippen molar-refractivity contribution in [1.29, 1.82) is 0 Å². The van der Waals surface area contributed by atoms with Gasteiger partial charge in [-0.05, 0) is 55.0 Å². The van der Waals surface area contributed by atoms with Crippen molar-refractivity contribution in [3.05, 3.63) is 193 Å². The minimum absolute atomic E-state index is 0.519. The maximum atomic E-state index is 6.98. The molecule has 9 rings (SSSR count). The molecule has 2 heterocycles. The standard InChI is InChI=1S/C47H33N5O/c1-32-29-30-40-39-27-14-15-28-41(39)52(42(40)43(32)53-47(35-21-10-4-11-22-35)48-37-24-12-5-13-25-37)38-26-16-23-36(31-38)46-50-44(33-17-6-2-7-18-33)49-45(51-46)34-19-8-3-9-20-34/h2-31H,1H3/b48-47+. The fourth-order valence-electron chi connectivity index (χ4n) is 6.69. The summed E-state index contributed by atoms with van der Waals surface area (Å²) in [4.78, 5) is 20.0. The van der Waals surface area contributed by atoms with E-state index in [1.54, 1.807) is 0 Å². The van der Waals surface area contributed by atoms with Crippen LogP contribution in [0.15, 0.2) is 187 Å². The van der Waals surface area contributed by atoms with Gasteiger partial charge in [-0.15, -0.1) is 0 Å². The average molecular weight is 684 g/mol. The first-order valence-electron chi connectivity index (χ1n) is 17.6. The molecule has 53 heavy (non-hydrogen) atoms. The number of hydrogen-bond acceptors (Lipinski definition) is 5. The Hall–Kier alpha value is -7.18. The molecule has 6 nitrogen and oxygen atoms in total. The zero-order chi connectivity index (χ0) is 35.6. The van der Waals surface area contributed by atoms with Gasteiger partial charge in [0.1, 0.15) is 0 Å². The molecule has 0 atom stereocenters. The Morgan fingerprint density at radius 3 is 1.72 bits per heavy atom. The first-order valence-corrected chi connectivity index (χ1v) is 17.6. The van der Waals surface area contributed by atoms with Crippen LogP contribution in [0.2, 0.25) is 0 Å². The molecule has 6 heteroatoms. The van der Waals surface area contributed by atoms with E-state index < -0.39 is 0 Å². The molecule has 0 aliphatic heterocycles. The van der Waals surface area contributed by atoms with Gasteiger partial charge in [-0.3, -0.25) is 0 Å². The normalized spacial score (nSPS) is 11.6. The summed E-state index contributed by atoms with van der Waals surface area (Å²) in [5, 5.41) is 2.20. The average Bonchev–Trinajstić information content (AvgIpc) is 3.57. The monoisotopic (exact) mass is 683 g/mol. The minimum Gasteiger partial charge on any atom is -0.436 e. The van der Waals surface area contributed by atoms with Crippen LogP contribution < -0.4 is 4.74 Å². The molecular formula is C47H33N5O. The maximum absolute atomic E-state index is 6.98. The molecule has 2 aromatic heterocycles. The van der Waals surface area contributed by atoms with Crippen LogP contribution in [0.5, 0.6) is 5.75 Å². The lowest BCUT2D eigenvalue weighted by Crippen LogP contribution is -2.12. The Balaban J connectivity index is 1.24. The SMILES string of the molecule is Cc1ccc2c3ccccc3n(-c3cccc(-c4nc(-c5ccccc5)nc(-c5ccccc5)n4)c3)c2c1O/C(=N/c1ccccc1)c1ccccc1. The summed E-state index contributed by atoms with van der Waals surface area (Å²) in [7, 11) is 0. The van der Waals surface area contributed by atoms with Crippen LogP contribution in [-0.2, 0) is 0 Å². The second-order valence-corrected chi connectivity index (χ2v) is 12.8. The van der Waals surface area contributed by atoms with Gasteiger partial charge < -0.3 is 9.30 Å². The maximum Gasteiger partial charge on any atom is 0.227 e. The largest absolute Gasteiger partial charge is 0.436 e. The van der Waals surface area contributed by atoms with E-state index >= 15 is 0 Å². The van der Waals surface area contributed by atoms with Crippen LogP contribution in [0.3, 0.4) is 0 Å². The lowest BCUT2D eigenvalue weighted by molar-refractivity contribution is 0.552. The van der Waals surface area contributed by atoms with Gasteiger partial charge >= 0.3 is 0 Å². The number of para-hydroxylation sites is 2. The van der Waals surface area contributed by atoms with E-state index in [1.807, 2.05) is 121 Å². The number of fused-ring (bicyclic) bond motifs is 3. The highest BCUT2D eigenvalue weighted by Crippen LogP contribution is 2.40. The Kier molecular flexibility index (Phi) is 8.31.